The molecule has 1 atom stereocenters. The smallest absolute Gasteiger partial charge is 0.00476 e. The van der Waals surface area contributed by atoms with Crippen molar-refractivity contribution in [3.63, 3.8) is 0 Å². The van der Waals surface area contributed by atoms with E-state index in [-0.39, 0.29) is 0 Å². The Balaban J connectivity index is 1.93. The van der Waals surface area contributed by atoms with Gasteiger partial charge in [-0.3, -0.25) is 0 Å². The first-order valence-corrected chi connectivity index (χ1v) is 5.13. The summed E-state index contributed by atoms with van der Waals surface area (Å²) in [5.74, 6) is 1.03. The van der Waals surface area contributed by atoms with Gasteiger partial charge in [-0.2, -0.15) is 0 Å². The highest BCUT2D eigenvalue weighted by Crippen LogP contribution is 2.44. The molecule has 2 N–H and O–H groups in total. The molecule has 2 rings (SSSR count). The predicted molar refractivity (Wildman–Crippen MR) is 50.9 cm³/mol. The van der Waals surface area contributed by atoms with E-state index in [4.69, 9.17) is 5.73 Å². The molecule has 0 aromatic heterocycles. The Morgan fingerprint density at radius 2 is 2.25 bits per heavy atom. The number of nitrogens with zero attached hydrogens (tertiary/aromatic N) is 1. The molecule has 1 unspecified atom stereocenters. The fourth-order valence-electron chi connectivity index (χ4n) is 2.51. The first-order valence-electron chi connectivity index (χ1n) is 5.13. The zero-order valence-corrected chi connectivity index (χ0v) is 8.05. The molecule has 1 heterocycles. The summed E-state index contributed by atoms with van der Waals surface area (Å²) in [6.45, 7) is 3.39. The van der Waals surface area contributed by atoms with Gasteiger partial charge in [-0.1, -0.05) is 12.8 Å². The molecule has 0 spiro atoms. The van der Waals surface area contributed by atoms with E-state index in [2.05, 4.69) is 11.9 Å². The third-order valence-corrected chi connectivity index (χ3v) is 3.48. The maximum absolute atomic E-state index is 5.88. The van der Waals surface area contributed by atoms with E-state index in [1.165, 1.54) is 38.8 Å². The van der Waals surface area contributed by atoms with E-state index in [0.717, 1.165) is 12.5 Å². The highest BCUT2D eigenvalue weighted by molar-refractivity contribution is 4.93. The summed E-state index contributed by atoms with van der Waals surface area (Å²) in [4.78, 5) is 2.43. The van der Waals surface area contributed by atoms with Crippen LogP contribution in [0.2, 0.25) is 0 Å². The Hall–Kier alpha value is -0.0800. The van der Waals surface area contributed by atoms with Gasteiger partial charge >= 0.3 is 0 Å². The molecule has 1 aliphatic carbocycles. The van der Waals surface area contributed by atoms with E-state index in [1.54, 1.807) is 0 Å². The zero-order valence-electron chi connectivity index (χ0n) is 8.05. The van der Waals surface area contributed by atoms with Crippen LogP contribution in [0, 0.1) is 11.3 Å². The number of hydrogen-bond acceptors (Lipinski definition) is 2. The van der Waals surface area contributed by atoms with E-state index < -0.39 is 0 Å². The largest absolute Gasteiger partial charge is 0.330 e. The predicted octanol–water partition coefficient (Wildman–Crippen LogP) is 1.07. The molecule has 2 nitrogen and oxygen atoms in total. The van der Waals surface area contributed by atoms with Crippen LogP contribution in [-0.2, 0) is 0 Å². The summed E-state index contributed by atoms with van der Waals surface area (Å²) in [5.41, 5.74) is 6.38. The molecule has 2 aliphatic rings. The molecular formula is C10H20N2. The molecule has 0 radical (unpaired) electrons. The number of nitrogens with two attached hydrogens (primary N) is 1. The molecule has 0 aromatic carbocycles. The number of hydrogen-bond donors (Lipinski definition) is 1. The van der Waals surface area contributed by atoms with Crippen LogP contribution < -0.4 is 5.73 Å². The van der Waals surface area contributed by atoms with Gasteiger partial charge in [0.15, 0.2) is 0 Å². The van der Waals surface area contributed by atoms with E-state index in [9.17, 15) is 0 Å². The quantitative estimate of drug-likeness (QED) is 0.683. The van der Waals surface area contributed by atoms with Crippen LogP contribution in [0.4, 0.5) is 0 Å². The maximum atomic E-state index is 5.88. The van der Waals surface area contributed by atoms with Crippen LogP contribution in [-0.4, -0.2) is 31.6 Å². The lowest BCUT2D eigenvalue weighted by molar-refractivity contribution is 0.256. The number of rotatable bonds is 3. The molecule has 0 amide bonds. The number of likely N-dealkylation sites (tertiary alicyclic amines) is 1. The van der Waals surface area contributed by atoms with Crippen molar-refractivity contribution in [3.8, 4) is 0 Å². The van der Waals surface area contributed by atoms with Gasteiger partial charge in [-0.15, -0.1) is 0 Å². The summed E-state index contributed by atoms with van der Waals surface area (Å²) in [5, 5.41) is 0. The first-order chi connectivity index (χ1) is 5.74. The Morgan fingerprint density at radius 1 is 1.50 bits per heavy atom. The van der Waals surface area contributed by atoms with Gasteiger partial charge in [-0.05, 0) is 44.3 Å². The van der Waals surface area contributed by atoms with Crippen molar-refractivity contribution in [1.29, 1.82) is 0 Å². The summed E-state index contributed by atoms with van der Waals surface area (Å²) in [6, 6.07) is 0. The van der Waals surface area contributed by atoms with E-state index in [1.807, 2.05) is 0 Å². The first kappa shape index (κ1) is 8.52. The van der Waals surface area contributed by atoms with Crippen molar-refractivity contribution < 1.29 is 0 Å². The van der Waals surface area contributed by atoms with Crippen LogP contribution in [0.15, 0.2) is 0 Å². The molecular weight excluding hydrogens is 148 g/mol. The Morgan fingerprint density at radius 3 is 2.67 bits per heavy atom. The van der Waals surface area contributed by atoms with Crippen LogP contribution >= 0.6 is 0 Å². The lowest BCUT2D eigenvalue weighted by Gasteiger charge is -2.27. The van der Waals surface area contributed by atoms with Gasteiger partial charge in [0.05, 0.1) is 0 Å². The molecule has 2 fully saturated rings. The van der Waals surface area contributed by atoms with Crippen molar-refractivity contribution >= 4 is 0 Å². The fraction of sp³-hybridized carbons (Fsp3) is 1.00. The Labute approximate surface area is 75.1 Å². The molecule has 0 aromatic rings. The minimum atomic E-state index is 0.496. The summed E-state index contributed by atoms with van der Waals surface area (Å²) in [6.07, 6.45) is 5.65. The van der Waals surface area contributed by atoms with E-state index >= 15 is 0 Å². The molecule has 1 saturated carbocycles. The molecule has 2 heteroatoms. The lowest BCUT2D eigenvalue weighted by Crippen LogP contribution is -2.33. The molecule has 1 aliphatic heterocycles. The average molecular weight is 168 g/mol. The lowest BCUT2D eigenvalue weighted by atomic mass is 9.82. The third kappa shape index (κ3) is 1.64. The topological polar surface area (TPSA) is 29.3 Å². The molecule has 0 bridgehead atoms. The third-order valence-electron chi connectivity index (χ3n) is 3.48. The fourth-order valence-corrected chi connectivity index (χ4v) is 2.51. The van der Waals surface area contributed by atoms with Crippen LogP contribution in [0.1, 0.15) is 25.7 Å². The van der Waals surface area contributed by atoms with Gasteiger partial charge in [0.2, 0.25) is 0 Å². The second kappa shape index (κ2) is 3.00. The van der Waals surface area contributed by atoms with Gasteiger partial charge in [0, 0.05) is 6.54 Å². The highest BCUT2D eigenvalue weighted by Gasteiger charge is 2.39. The van der Waals surface area contributed by atoms with Gasteiger partial charge in [0.1, 0.15) is 0 Å². The summed E-state index contributed by atoms with van der Waals surface area (Å²) >= 11 is 0. The van der Waals surface area contributed by atoms with Crippen LogP contribution in [0.5, 0.6) is 0 Å². The highest BCUT2D eigenvalue weighted by atomic mass is 15.1. The minimum Gasteiger partial charge on any atom is -0.330 e. The summed E-state index contributed by atoms with van der Waals surface area (Å²) in [7, 11) is 2.21. The molecule has 1 saturated heterocycles. The van der Waals surface area contributed by atoms with Crippen molar-refractivity contribution in [3.05, 3.63) is 0 Å². The minimum absolute atomic E-state index is 0.496. The summed E-state index contributed by atoms with van der Waals surface area (Å²) < 4.78 is 0. The second-order valence-electron chi connectivity index (χ2n) is 4.84. The standard InChI is InChI=1S/C10H20N2/c1-12-5-4-10(7-11,8-12)6-9-2-3-9/h9H,2-8,11H2,1H3. The second-order valence-corrected chi connectivity index (χ2v) is 4.84. The Bertz CT molecular complexity index is 165. The van der Waals surface area contributed by atoms with Crippen LogP contribution in [0.25, 0.3) is 0 Å². The average Bonchev–Trinajstić information content (AvgIpc) is 2.77. The monoisotopic (exact) mass is 168 g/mol. The van der Waals surface area contributed by atoms with E-state index in [0.29, 0.717) is 5.41 Å². The maximum Gasteiger partial charge on any atom is 0.00476 e. The Kier molecular flexibility index (Phi) is 2.13. The van der Waals surface area contributed by atoms with Crippen molar-refractivity contribution in [2.45, 2.75) is 25.7 Å². The van der Waals surface area contributed by atoms with Crippen molar-refractivity contribution in [2.75, 3.05) is 26.7 Å². The van der Waals surface area contributed by atoms with Gasteiger partial charge < -0.3 is 10.6 Å². The van der Waals surface area contributed by atoms with Crippen molar-refractivity contribution in [2.24, 2.45) is 17.1 Å². The molecule has 12 heavy (non-hydrogen) atoms. The van der Waals surface area contributed by atoms with Gasteiger partial charge in [0.25, 0.3) is 0 Å². The van der Waals surface area contributed by atoms with Crippen molar-refractivity contribution in [1.82, 2.24) is 4.90 Å². The van der Waals surface area contributed by atoms with Crippen LogP contribution in [0.3, 0.4) is 0 Å². The SMILES string of the molecule is CN1CCC(CN)(CC2CC2)C1. The zero-order chi connectivity index (χ0) is 8.60. The van der Waals surface area contributed by atoms with Gasteiger partial charge in [-0.25, -0.2) is 0 Å². The molecule has 70 valence electrons. The normalized spacial score (nSPS) is 37.5.